The number of carbonyl (C=O) groups excluding carboxylic acids is 2. The van der Waals surface area contributed by atoms with Crippen molar-refractivity contribution in [2.75, 3.05) is 6.61 Å². The van der Waals surface area contributed by atoms with Gasteiger partial charge in [0.25, 0.3) is 6.47 Å². The highest BCUT2D eigenvalue weighted by atomic mass is 16.6. The number of hydrogen-bond donors (Lipinski definition) is 0. The lowest BCUT2D eigenvalue weighted by Gasteiger charge is -2.13. The summed E-state index contributed by atoms with van der Waals surface area (Å²) in [6, 6.07) is 0. The molecule has 0 bridgehead atoms. The van der Waals surface area contributed by atoms with E-state index in [2.05, 4.69) is 6.92 Å². The Bertz CT molecular complexity index is 266. The maximum atomic E-state index is 11.7. The molecule has 0 aromatic heterocycles. The van der Waals surface area contributed by atoms with Crippen molar-refractivity contribution < 1.29 is 19.1 Å². The zero-order valence-electron chi connectivity index (χ0n) is 14.5. The summed E-state index contributed by atoms with van der Waals surface area (Å²) in [4.78, 5) is 22.0. The Kier molecular flexibility index (Phi) is 15.5. The molecular formula is C18H34O4. The van der Waals surface area contributed by atoms with E-state index in [-0.39, 0.29) is 0 Å². The summed E-state index contributed by atoms with van der Waals surface area (Å²) < 4.78 is 9.90. The molecule has 0 amide bonds. The number of unbranched alkanes of at least 4 members (excludes halogenated alkanes) is 9. The van der Waals surface area contributed by atoms with E-state index < -0.39 is 12.1 Å². The third-order valence-corrected chi connectivity index (χ3v) is 3.78. The van der Waals surface area contributed by atoms with Crippen molar-refractivity contribution in [3.63, 3.8) is 0 Å². The number of ether oxygens (including phenoxy) is 2. The summed E-state index contributed by atoms with van der Waals surface area (Å²) in [6.07, 6.45) is 13.1. The standard InChI is InChI=1S/C18H34O4/c1-3-5-6-7-8-9-10-11-12-13-15-21-18(20)17(14-4-2)22-16-19/h16-17H,3-15H2,1-2H3. The predicted molar refractivity (Wildman–Crippen MR) is 88.6 cm³/mol. The maximum Gasteiger partial charge on any atom is 0.347 e. The monoisotopic (exact) mass is 314 g/mol. The molecule has 0 aliphatic rings. The molecule has 0 radical (unpaired) electrons. The van der Waals surface area contributed by atoms with Crippen LogP contribution in [0.1, 0.15) is 90.9 Å². The number of rotatable bonds is 16. The molecule has 0 heterocycles. The minimum absolute atomic E-state index is 0.322. The molecule has 0 saturated heterocycles. The van der Waals surface area contributed by atoms with Crippen molar-refractivity contribution in [1.82, 2.24) is 0 Å². The van der Waals surface area contributed by atoms with Crippen LogP contribution in [0.4, 0.5) is 0 Å². The van der Waals surface area contributed by atoms with E-state index in [0.29, 0.717) is 19.5 Å². The number of carbonyl (C=O) groups is 2. The molecule has 0 fully saturated rings. The first-order chi connectivity index (χ1) is 10.8. The molecule has 0 rings (SSSR count). The smallest absolute Gasteiger partial charge is 0.347 e. The molecule has 4 heteroatoms. The highest BCUT2D eigenvalue weighted by molar-refractivity contribution is 5.75. The molecule has 0 aliphatic heterocycles. The van der Waals surface area contributed by atoms with E-state index in [1.165, 1.54) is 51.4 Å². The van der Waals surface area contributed by atoms with Gasteiger partial charge in [-0.2, -0.15) is 0 Å². The van der Waals surface area contributed by atoms with E-state index in [0.717, 1.165) is 19.3 Å². The molecule has 1 atom stereocenters. The van der Waals surface area contributed by atoms with E-state index in [4.69, 9.17) is 9.47 Å². The highest BCUT2D eigenvalue weighted by Gasteiger charge is 2.19. The van der Waals surface area contributed by atoms with Gasteiger partial charge >= 0.3 is 5.97 Å². The van der Waals surface area contributed by atoms with Gasteiger partial charge in [-0.1, -0.05) is 78.1 Å². The molecule has 22 heavy (non-hydrogen) atoms. The lowest BCUT2D eigenvalue weighted by atomic mass is 10.1. The van der Waals surface area contributed by atoms with E-state index in [1.807, 2.05) is 6.92 Å². The van der Waals surface area contributed by atoms with Gasteiger partial charge in [-0.25, -0.2) is 4.79 Å². The van der Waals surface area contributed by atoms with Crippen LogP contribution in [0, 0.1) is 0 Å². The van der Waals surface area contributed by atoms with Crippen LogP contribution in [0.15, 0.2) is 0 Å². The van der Waals surface area contributed by atoms with Gasteiger partial charge in [0, 0.05) is 0 Å². The zero-order valence-corrected chi connectivity index (χ0v) is 14.5. The van der Waals surface area contributed by atoms with Crippen LogP contribution in [0.2, 0.25) is 0 Å². The molecule has 130 valence electrons. The first-order valence-electron chi connectivity index (χ1n) is 9.02. The summed E-state index contributed by atoms with van der Waals surface area (Å²) in [5.74, 6) is -0.412. The summed E-state index contributed by atoms with van der Waals surface area (Å²) in [6.45, 7) is 4.93. The third kappa shape index (κ3) is 12.7. The molecule has 0 aromatic rings. The zero-order chi connectivity index (χ0) is 16.5. The molecule has 0 saturated carbocycles. The van der Waals surface area contributed by atoms with E-state index in [1.54, 1.807) is 0 Å². The Labute approximate surface area is 135 Å². The molecule has 1 unspecified atom stereocenters. The second-order valence-corrected chi connectivity index (χ2v) is 5.86. The number of hydrogen-bond acceptors (Lipinski definition) is 4. The second-order valence-electron chi connectivity index (χ2n) is 5.86. The largest absolute Gasteiger partial charge is 0.463 e. The fourth-order valence-electron chi connectivity index (χ4n) is 2.43. The van der Waals surface area contributed by atoms with Crippen molar-refractivity contribution in [3.8, 4) is 0 Å². The van der Waals surface area contributed by atoms with Gasteiger partial charge in [-0.15, -0.1) is 0 Å². The first-order valence-corrected chi connectivity index (χ1v) is 9.02. The van der Waals surface area contributed by atoms with Gasteiger partial charge in [-0.3, -0.25) is 4.79 Å². The Balaban J connectivity index is 3.40. The first kappa shape index (κ1) is 20.9. The van der Waals surface area contributed by atoms with Gasteiger partial charge in [0.1, 0.15) is 0 Å². The Morgan fingerprint density at radius 3 is 1.91 bits per heavy atom. The fraction of sp³-hybridized carbons (Fsp3) is 0.889. The van der Waals surface area contributed by atoms with Crippen LogP contribution >= 0.6 is 0 Å². The SMILES string of the molecule is CCCCCCCCCCCCOC(=O)C(CCC)OC=O. The second kappa shape index (κ2) is 16.3. The van der Waals surface area contributed by atoms with Crippen LogP contribution in [-0.4, -0.2) is 25.2 Å². The van der Waals surface area contributed by atoms with Gasteiger partial charge in [0.05, 0.1) is 6.61 Å². The van der Waals surface area contributed by atoms with Crippen LogP contribution < -0.4 is 0 Å². The van der Waals surface area contributed by atoms with Crippen molar-refractivity contribution in [2.45, 2.75) is 97.0 Å². The van der Waals surface area contributed by atoms with Crippen LogP contribution in [0.3, 0.4) is 0 Å². The van der Waals surface area contributed by atoms with Gasteiger partial charge in [0.2, 0.25) is 0 Å². The summed E-state index contributed by atoms with van der Waals surface area (Å²) in [7, 11) is 0. The van der Waals surface area contributed by atoms with Crippen LogP contribution in [0.5, 0.6) is 0 Å². The molecular weight excluding hydrogens is 280 g/mol. The number of esters is 1. The maximum absolute atomic E-state index is 11.7. The normalized spacial score (nSPS) is 11.9. The molecule has 0 N–H and O–H groups in total. The lowest BCUT2D eigenvalue weighted by Crippen LogP contribution is -2.26. The highest BCUT2D eigenvalue weighted by Crippen LogP contribution is 2.11. The topological polar surface area (TPSA) is 52.6 Å². The average Bonchev–Trinajstić information content (AvgIpc) is 2.52. The molecule has 0 aromatic carbocycles. The van der Waals surface area contributed by atoms with E-state index in [9.17, 15) is 9.59 Å². The average molecular weight is 314 g/mol. The van der Waals surface area contributed by atoms with Gasteiger partial charge in [0.15, 0.2) is 6.10 Å². The summed E-state index contributed by atoms with van der Waals surface area (Å²) in [5, 5.41) is 0. The van der Waals surface area contributed by atoms with E-state index >= 15 is 0 Å². The van der Waals surface area contributed by atoms with Crippen molar-refractivity contribution in [1.29, 1.82) is 0 Å². The third-order valence-electron chi connectivity index (χ3n) is 3.78. The van der Waals surface area contributed by atoms with Gasteiger partial charge < -0.3 is 9.47 Å². The molecule has 0 spiro atoms. The van der Waals surface area contributed by atoms with Crippen molar-refractivity contribution in [2.24, 2.45) is 0 Å². The molecule has 4 nitrogen and oxygen atoms in total. The molecule has 0 aliphatic carbocycles. The summed E-state index contributed by atoms with van der Waals surface area (Å²) in [5.41, 5.74) is 0. The van der Waals surface area contributed by atoms with Crippen molar-refractivity contribution in [3.05, 3.63) is 0 Å². The quantitative estimate of drug-likeness (QED) is 0.233. The minimum atomic E-state index is -0.731. The van der Waals surface area contributed by atoms with Crippen molar-refractivity contribution >= 4 is 12.4 Å². The fourth-order valence-corrected chi connectivity index (χ4v) is 2.43. The van der Waals surface area contributed by atoms with Crippen LogP contribution in [-0.2, 0) is 19.1 Å². The Morgan fingerprint density at radius 1 is 0.864 bits per heavy atom. The predicted octanol–water partition coefficient (Wildman–Crippen LogP) is 4.79. The minimum Gasteiger partial charge on any atom is -0.463 e. The lowest BCUT2D eigenvalue weighted by molar-refractivity contribution is -0.162. The Morgan fingerprint density at radius 2 is 1.41 bits per heavy atom. The van der Waals surface area contributed by atoms with Gasteiger partial charge in [-0.05, 0) is 12.8 Å². The Hall–Kier alpha value is -1.06. The summed E-state index contributed by atoms with van der Waals surface area (Å²) >= 11 is 0. The van der Waals surface area contributed by atoms with Crippen LogP contribution in [0.25, 0.3) is 0 Å².